The SMILES string of the molecule is Cl.Cl.N[C@@H]1CCC[C@H]1CC(=O)Nc1cccc(-c2ccc3c(c2)OCCO3)n1. The fraction of sp³-hybridized carbons (Fsp3) is 0.400. The standard InChI is InChI=1S/C20H23N3O3.2ClH/c21-15-4-1-3-13(15)12-20(24)23-19-6-2-5-16(22-19)14-7-8-17-18(11-14)26-10-9-25-17;;/h2,5-8,11,13,15H,1,3-4,9-10,12,21H2,(H,22,23,24);2*1H/t13-,15+;;/m0../s1. The molecule has 2 atom stereocenters. The number of nitrogens with zero attached hydrogens (tertiary/aromatic N) is 1. The lowest BCUT2D eigenvalue weighted by atomic mass is 10.00. The fourth-order valence-corrected chi connectivity index (χ4v) is 3.62. The van der Waals surface area contributed by atoms with Crippen molar-refractivity contribution in [1.82, 2.24) is 4.98 Å². The van der Waals surface area contributed by atoms with Gasteiger partial charge in [0.15, 0.2) is 11.5 Å². The number of rotatable bonds is 4. The van der Waals surface area contributed by atoms with Gasteiger partial charge in [0.25, 0.3) is 0 Å². The van der Waals surface area contributed by atoms with E-state index in [1.165, 1.54) is 0 Å². The molecule has 4 rings (SSSR count). The summed E-state index contributed by atoms with van der Waals surface area (Å²) < 4.78 is 11.2. The van der Waals surface area contributed by atoms with Gasteiger partial charge in [-0.3, -0.25) is 4.79 Å². The lowest BCUT2D eigenvalue weighted by molar-refractivity contribution is -0.117. The van der Waals surface area contributed by atoms with Crippen molar-refractivity contribution in [1.29, 1.82) is 0 Å². The maximum absolute atomic E-state index is 12.3. The van der Waals surface area contributed by atoms with Crippen molar-refractivity contribution in [3.05, 3.63) is 36.4 Å². The molecule has 1 amide bonds. The third-order valence-corrected chi connectivity index (χ3v) is 5.02. The molecule has 0 saturated heterocycles. The summed E-state index contributed by atoms with van der Waals surface area (Å²) in [7, 11) is 0. The zero-order valence-electron chi connectivity index (χ0n) is 15.4. The highest BCUT2D eigenvalue weighted by molar-refractivity contribution is 5.90. The van der Waals surface area contributed by atoms with Crippen molar-refractivity contribution >= 4 is 36.5 Å². The van der Waals surface area contributed by atoms with Crippen LogP contribution < -0.4 is 20.5 Å². The van der Waals surface area contributed by atoms with Crippen molar-refractivity contribution in [3.8, 4) is 22.8 Å². The summed E-state index contributed by atoms with van der Waals surface area (Å²) in [5.41, 5.74) is 7.75. The molecule has 3 N–H and O–H groups in total. The summed E-state index contributed by atoms with van der Waals surface area (Å²) in [5.74, 6) is 2.27. The summed E-state index contributed by atoms with van der Waals surface area (Å²) in [4.78, 5) is 16.9. The van der Waals surface area contributed by atoms with Crippen LogP contribution >= 0.6 is 24.8 Å². The van der Waals surface area contributed by atoms with Crippen molar-refractivity contribution < 1.29 is 14.3 Å². The number of benzene rings is 1. The number of pyridine rings is 1. The molecule has 0 spiro atoms. The van der Waals surface area contributed by atoms with E-state index in [1.54, 1.807) is 6.07 Å². The van der Waals surface area contributed by atoms with E-state index in [1.807, 2.05) is 30.3 Å². The second kappa shape index (κ2) is 9.96. The predicted octanol–water partition coefficient (Wildman–Crippen LogP) is 3.82. The Morgan fingerprint density at radius 1 is 1.11 bits per heavy atom. The average Bonchev–Trinajstić information content (AvgIpc) is 3.06. The van der Waals surface area contributed by atoms with Gasteiger partial charge in [0.05, 0.1) is 5.69 Å². The topological polar surface area (TPSA) is 86.5 Å². The molecule has 1 aromatic carbocycles. The number of carbonyl (C=O) groups is 1. The Hall–Kier alpha value is -2.02. The summed E-state index contributed by atoms with van der Waals surface area (Å²) in [6.45, 7) is 1.11. The zero-order chi connectivity index (χ0) is 17.9. The summed E-state index contributed by atoms with van der Waals surface area (Å²) in [6, 6.07) is 11.5. The van der Waals surface area contributed by atoms with Crippen molar-refractivity contribution in [2.75, 3.05) is 18.5 Å². The van der Waals surface area contributed by atoms with Gasteiger partial charge in [-0.1, -0.05) is 12.5 Å². The first-order valence-corrected chi connectivity index (χ1v) is 9.11. The molecule has 2 aromatic rings. The number of aromatic nitrogens is 1. The molecule has 1 aromatic heterocycles. The van der Waals surface area contributed by atoms with Gasteiger partial charge in [-0.2, -0.15) is 0 Å². The normalized spacial score (nSPS) is 19.9. The molecular formula is C20H25Cl2N3O3. The van der Waals surface area contributed by atoms with Crippen LogP contribution in [0.4, 0.5) is 5.82 Å². The van der Waals surface area contributed by atoms with E-state index in [0.717, 1.165) is 42.0 Å². The predicted molar refractivity (Wildman–Crippen MR) is 114 cm³/mol. The van der Waals surface area contributed by atoms with E-state index < -0.39 is 0 Å². The van der Waals surface area contributed by atoms with E-state index >= 15 is 0 Å². The largest absolute Gasteiger partial charge is 0.486 e. The number of nitrogens with two attached hydrogens (primary N) is 1. The van der Waals surface area contributed by atoms with Crippen LogP contribution in [-0.2, 0) is 4.79 Å². The number of fused-ring (bicyclic) bond motifs is 1. The number of nitrogens with one attached hydrogen (secondary N) is 1. The van der Waals surface area contributed by atoms with Crippen LogP contribution in [0.3, 0.4) is 0 Å². The Bertz CT molecular complexity index is 819. The maximum Gasteiger partial charge on any atom is 0.225 e. The first kappa shape index (κ1) is 22.3. The van der Waals surface area contributed by atoms with Crippen LogP contribution in [0.5, 0.6) is 11.5 Å². The maximum atomic E-state index is 12.3. The van der Waals surface area contributed by atoms with Crippen LogP contribution in [-0.4, -0.2) is 30.1 Å². The fourth-order valence-electron chi connectivity index (χ4n) is 3.62. The Balaban J connectivity index is 0.00000140. The number of hydrogen-bond donors (Lipinski definition) is 2. The zero-order valence-corrected chi connectivity index (χ0v) is 17.1. The van der Waals surface area contributed by atoms with E-state index in [0.29, 0.717) is 25.5 Å². The second-order valence-corrected chi connectivity index (χ2v) is 6.87. The highest BCUT2D eigenvalue weighted by Gasteiger charge is 2.26. The lowest BCUT2D eigenvalue weighted by Crippen LogP contribution is -2.28. The van der Waals surface area contributed by atoms with Crippen LogP contribution in [0.25, 0.3) is 11.3 Å². The smallest absolute Gasteiger partial charge is 0.225 e. The third-order valence-electron chi connectivity index (χ3n) is 5.02. The van der Waals surface area contributed by atoms with E-state index in [4.69, 9.17) is 15.2 Å². The number of amides is 1. The van der Waals surface area contributed by atoms with Gasteiger partial charge >= 0.3 is 0 Å². The van der Waals surface area contributed by atoms with Gasteiger partial charge in [0.2, 0.25) is 5.91 Å². The van der Waals surface area contributed by atoms with Crippen molar-refractivity contribution in [3.63, 3.8) is 0 Å². The summed E-state index contributed by atoms with van der Waals surface area (Å²) in [6.07, 6.45) is 3.60. The minimum atomic E-state index is -0.0285. The minimum Gasteiger partial charge on any atom is -0.486 e. The van der Waals surface area contributed by atoms with Crippen LogP contribution in [0.2, 0.25) is 0 Å². The minimum absolute atomic E-state index is 0. The van der Waals surface area contributed by atoms with Gasteiger partial charge < -0.3 is 20.5 Å². The van der Waals surface area contributed by atoms with Gasteiger partial charge in [-0.25, -0.2) is 4.98 Å². The molecule has 28 heavy (non-hydrogen) atoms. The molecule has 1 saturated carbocycles. The second-order valence-electron chi connectivity index (χ2n) is 6.87. The molecule has 1 aliphatic heterocycles. The lowest BCUT2D eigenvalue weighted by Gasteiger charge is -2.19. The van der Waals surface area contributed by atoms with Crippen molar-refractivity contribution in [2.24, 2.45) is 11.7 Å². The van der Waals surface area contributed by atoms with Gasteiger partial charge in [-0.15, -0.1) is 24.8 Å². The first-order chi connectivity index (χ1) is 12.7. The quantitative estimate of drug-likeness (QED) is 0.777. The monoisotopic (exact) mass is 425 g/mol. The summed E-state index contributed by atoms with van der Waals surface area (Å²) in [5, 5.41) is 2.90. The van der Waals surface area contributed by atoms with E-state index in [9.17, 15) is 4.79 Å². The van der Waals surface area contributed by atoms with E-state index in [-0.39, 0.29) is 42.7 Å². The van der Waals surface area contributed by atoms with Gasteiger partial charge in [0, 0.05) is 18.0 Å². The number of anilines is 1. The Morgan fingerprint density at radius 2 is 1.89 bits per heavy atom. The summed E-state index contributed by atoms with van der Waals surface area (Å²) >= 11 is 0. The molecule has 1 aliphatic carbocycles. The van der Waals surface area contributed by atoms with Crippen LogP contribution in [0, 0.1) is 5.92 Å². The molecule has 2 heterocycles. The van der Waals surface area contributed by atoms with Crippen LogP contribution in [0.15, 0.2) is 36.4 Å². The number of hydrogen-bond acceptors (Lipinski definition) is 5. The Kier molecular flexibility index (Phi) is 7.92. The molecule has 0 radical (unpaired) electrons. The molecule has 2 aliphatic rings. The highest BCUT2D eigenvalue weighted by atomic mass is 35.5. The van der Waals surface area contributed by atoms with E-state index in [2.05, 4.69) is 10.3 Å². The van der Waals surface area contributed by atoms with Crippen LogP contribution in [0.1, 0.15) is 25.7 Å². The molecule has 1 fully saturated rings. The molecule has 152 valence electrons. The molecule has 8 heteroatoms. The Morgan fingerprint density at radius 3 is 2.64 bits per heavy atom. The number of ether oxygens (including phenoxy) is 2. The van der Waals surface area contributed by atoms with Crippen molar-refractivity contribution in [2.45, 2.75) is 31.7 Å². The first-order valence-electron chi connectivity index (χ1n) is 9.11. The highest BCUT2D eigenvalue weighted by Crippen LogP contribution is 2.34. The molecule has 0 bridgehead atoms. The molecule has 0 unspecified atom stereocenters. The number of halogens is 2. The third kappa shape index (κ3) is 5.07. The number of carbonyl (C=O) groups excluding carboxylic acids is 1. The average molecular weight is 426 g/mol. The molecule has 6 nitrogen and oxygen atoms in total. The van der Waals surface area contributed by atoms with Gasteiger partial charge in [-0.05, 0) is 49.1 Å². The molecular weight excluding hydrogens is 401 g/mol. The van der Waals surface area contributed by atoms with Gasteiger partial charge in [0.1, 0.15) is 19.0 Å². The Labute approximate surface area is 177 Å².